The Labute approximate surface area is 175 Å². The summed E-state index contributed by atoms with van der Waals surface area (Å²) in [4.78, 5) is 14.5. The van der Waals surface area contributed by atoms with E-state index in [0.717, 1.165) is 33.2 Å². The molecule has 4 rings (SSSR count). The largest absolute Gasteiger partial charge is 0.302 e. The lowest BCUT2D eigenvalue weighted by molar-refractivity contribution is 0.566. The molecular formula is C23H25BrN4. The minimum absolute atomic E-state index is 0.0561. The number of aryl methyl sites for hydroxylation is 1. The van der Waals surface area contributed by atoms with Gasteiger partial charge in [0.1, 0.15) is 6.17 Å². The second-order valence-electron chi connectivity index (χ2n) is 8.29. The lowest BCUT2D eigenvalue weighted by Gasteiger charge is -2.30. The fourth-order valence-corrected chi connectivity index (χ4v) is 3.97. The molecule has 0 N–H and O–H groups in total. The topological polar surface area (TPSA) is 32.3 Å². The van der Waals surface area contributed by atoms with E-state index in [2.05, 4.69) is 103 Å². The Morgan fingerprint density at radius 1 is 0.964 bits per heavy atom. The van der Waals surface area contributed by atoms with Crippen molar-refractivity contribution in [2.75, 3.05) is 9.80 Å². The van der Waals surface area contributed by atoms with Crippen LogP contribution in [0.5, 0.6) is 0 Å². The van der Waals surface area contributed by atoms with E-state index in [-0.39, 0.29) is 11.6 Å². The second-order valence-corrected chi connectivity index (χ2v) is 9.21. The van der Waals surface area contributed by atoms with Crippen molar-refractivity contribution in [2.24, 2.45) is 0 Å². The van der Waals surface area contributed by atoms with Gasteiger partial charge in [-0.15, -0.1) is 0 Å². The standard InChI is InChI=1S/C23H25BrN4/c1-15-11-12-17(24)13-19(15)28-16(2)27(18-9-7-6-8-10-18)21-22(28)26-20(14-25-21)23(3,4)5/h6-14,16H,1-5H3. The van der Waals surface area contributed by atoms with E-state index in [4.69, 9.17) is 9.97 Å². The summed E-state index contributed by atoms with van der Waals surface area (Å²) in [5.41, 5.74) is 4.39. The molecule has 1 aliphatic rings. The first kappa shape index (κ1) is 18.9. The summed E-state index contributed by atoms with van der Waals surface area (Å²) in [5.74, 6) is 1.80. The Balaban J connectivity index is 1.94. The molecule has 1 aliphatic heterocycles. The Morgan fingerprint density at radius 3 is 2.36 bits per heavy atom. The number of aromatic nitrogens is 2. The highest BCUT2D eigenvalue weighted by molar-refractivity contribution is 9.10. The van der Waals surface area contributed by atoms with Crippen molar-refractivity contribution in [3.63, 3.8) is 0 Å². The highest BCUT2D eigenvalue weighted by atomic mass is 79.9. The number of benzene rings is 2. The van der Waals surface area contributed by atoms with Crippen LogP contribution >= 0.6 is 15.9 Å². The van der Waals surface area contributed by atoms with E-state index in [1.165, 1.54) is 5.56 Å². The third kappa shape index (κ3) is 3.18. The summed E-state index contributed by atoms with van der Waals surface area (Å²) in [5, 5.41) is 0. The zero-order valence-electron chi connectivity index (χ0n) is 16.9. The molecular weight excluding hydrogens is 412 g/mol. The number of nitrogens with zero attached hydrogens (tertiary/aromatic N) is 4. The number of rotatable bonds is 2. The van der Waals surface area contributed by atoms with Crippen LogP contribution in [0.15, 0.2) is 59.2 Å². The normalized spacial score (nSPS) is 16.4. The van der Waals surface area contributed by atoms with Crippen molar-refractivity contribution in [1.82, 2.24) is 9.97 Å². The SMILES string of the molecule is Cc1ccc(Br)cc1N1c2nc(C(C)(C)C)cnc2N(c2ccccc2)C1C. The molecule has 2 heterocycles. The van der Waals surface area contributed by atoms with E-state index in [0.29, 0.717) is 0 Å². The van der Waals surface area contributed by atoms with Gasteiger partial charge < -0.3 is 9.80 Å². The van der Waals surface area contributed by atoms with Gasteiger partial charge in [0.05, 0.1) is 11.9 Å². The second kappa shape index (κ2) is 6.89. The van der Waals surface area contributed by atoms with Crippen LogP contribution in [0.3, 0.4) is 0 Å². The van der Waals surface area contributed by atoms with Crippen LogP contribution in [0.2, 0.25) is 0 Å². The van der Waals surface area contributed by atoms with E-state index < -0.39 is 0 Å². The first-order chi connectivity index (χ1) is 13.3. The van der Waals surface area contributed by atoms with Crippen LogP contribution in [0.1, 0.15) is 39.0 Å². The molecule has 0 spiro atoms. The fourth-order valence-electron chi connectivity index (χ4n) is 3.62. The molecule has 144 valence electrons. The van der Waals surface area contributed by atoms with Crippen LogP contribution in [-0.4, -0.2) is 16.1 Å². The van der Waals surface area contributed by atoms with Gasteiger partial charge in [-0.2, -0.15) is 0 Å². The van der Waals surface area contributed by atoms with E-state index in [9.17, 15) is 0 Å². The molecule has 0 fully saturated rings. The number of fused-ring (bicyclic) bond motifs is 1. The highest BCUT2D eigenvalue weighted by Gasteiger charge is 2.39. The average Bonchev–Trinajstić information content (AvgIpc) is 2.95. The number of para-hydroxylation sites is 1. The van der Waals surface area contributed by atoms with Gasteiger partial charge in [0.2, 0.25) is 0 Å². The first-order valence-corrected chi connectivity index (χ1v) is 10.3. The minimum atomic E-state index is -0.0661. The summed E-state index contributed by atoms with van der Waals surface area (Å²) in [6.45, 7) is 10.9. The van der Waals surface area contributed by atoms with E-state index in [1.54, 1.807) is 0 Å². The zero-order chi connectivity index (χ0) is 20.1. The molecule has 0 bridgehead atoms. The highest BCUT2D eigenvalue weighted by Crippen LogP contribution is 2.46. The third-order valence-corrected chi connectivity index (χ3v) is 5.67. The Hall–Kier alpha value is -2.40. The molecule has 0 radical (unpaired) electrons. The Morgan fingerprint density at radius 2 is 1.68 bits per heavy atom. The zero-order valence-corrected chi connectivity index (χ0v) is 18.5. The van der Waals surface area contributed by atoms with Gasteiger partial charge in [-0.25, -0.2) is 9.97 Å². The number of anilines is 4. The predicted molar refractivity (Wildman–Crippen MR) is 120 cm³/mol. The molecule has 0 saturated carbocycles. The van der Waals surface area contributed by atoms with Crippen LogP contribution in [0.25, 0.3) is 0 Å². The van der Waals surface area contributed by atoms with Gasteiger partial charge in [-0.05, 0) is 43.7 Å². The van der Waals surface area contributed by atoms with E-state index in [1.807, 2.05) is 12.3 Å². The van der Waals surface area contributed by atoms with Crippen molar-refractivity contribution in [3.05, 3.63) is 70.5 Å². The smallest absolute Gasteiger partial charge is 0.178 e. The molecule has 28 heavy (non-hydrogen) atoms. The summed E-state index contributed by atoms with van der Waals surface area (Å²) in [6, 6.07) is 16.8. The van der Waals surface area contributed by atoms with Crippen molar-refractivity contribution in [3.8, 4) is 0 Å². The molecule has 5 heteroatoms. The Kier molecular flexibility index (Phi) is 4.66. The quantitative estimate of drug-likeness (QED) is 0.459. The van der Waals surface area contributed by atoms with Gasteiger partial charge >= 0.3 is 0 Å². The fraction of sp³-hybridized carbons (Fsp3) is 0.304. The molecule has 1 unspecified atom stereocenters. The monoisotopic (exact) mass is 436 g/mol. The maximum absolute atomic E-state index is 5.09. The number of hydrogen-bond acceptors (Lipinski definition) is 4. The van der Waals surface area contributed by atoms with Crippen molar-refractivity contribution < 1.29 is 0 Å². The van der Waals surface area contributed by atoms with Crippen LogP contribution < -0.4 is 9.80 Å². The van der Waals surface area contributed by atoms with Gasteiger partial charge in [0.15, 0.2) is 11.6 Å². The summed E-state index contributed by atoms with van der Waals surface area (Å²) in [7, 11) is 0. The molecule has 4 nitrogen and oxygen atoms in total. The van der Waals surface area contributed by atoms with Crippen molar-refractivity contribution in [1.29, 1.82) is 0 Å². The lowest BCUT2D eigenvalue weighted by Crippen LogP contribution is -2.36. The van der Waals surface area contributed by atoms with Crippen molar-refractivity contribution in [2.45, 2.75) is 46.2 Å². The predicted octanol–water partition coefficient (Wildman–Crippen LogP) is 6.48. The lowest BCUT2D eigenvalue weighted by atomic mass is 9.93. The van der Waals surface area contributed by atoms with Gasteiger partial charge in [-0.1, -0.05) is 61.0 Å². The maximum atomic E-state index is 5.09. The molecule has 1 aromatic heterocycles. The maximum Gasteiger partial charge on any atom is 0.178 e. The van der Waals surface area contributed by atoms with Gasteiger partial charge in [0, 0.05) is 21.3 Å². The van der Waals surface area contributed by atoms with Gasteiger partial charge in [0.25, 0.3) is 0 Å². The summed E-state index contributed by atoms with van der Waals surface area (Å²) < 4.78 is 1.06. The summed E-state index contributed by atoms with van der Waals surface area (Å²) >= 11 is 3.63. The molecule has 0 aliphatic carbocycles. The number of halogens is 1. The molecule has 0 saturated heterocycles. The van der Waals surface area contributed by atoms with Crippen LogP contribution in [0, 0.1) is 6.92 Å². The van der Waals surface area contributed by atoms with E-state index >= 15 is 0 Å². The molecule has 1 atom stereocenters. The van der Waals surface area contributed by atoms with Crippen LogP contribution in [0.4, 0.5) is 23.0 Å². The summed E-state index contributed by atoms with van der Waals surface area (Å²) in [6.07, 6.45) is 1.97. The van der Waals surface area contributed by atoms with Crippen molar-refractivity contribution >= 4 is 38.9 Å². The average molecular weight is 437 g/mol. The number of hydrogen-bond donors (Lipinski definition) is 0. The molecule has 2 aromatic carbocycles. The van der Waals surface area contributed by atoms with Gasteiger partial charge in [-0.3, -0.25) is 0 Å². The molecule has 0 amide bonds. The van der Waals surface area contributed by atoms with Crippen LogP contribution in [-0.2, 0) is 5.41 Å². The molecule has 3 aromatic rings. The Bertz CT molecular complexity index is 1010. The minimum Gasteiger partial charge on any atom is -0.302 e. The first-order valence-electron chi connectivity index (χ1n) is 9.54. The third-order valence-electron chi connectivity index (χ3n) is 5.17.